The van der Waals surface area contributed by atoms with E-state index in [1.165, 1.54) is 0 Å². The molecule has 0 unspecified atom stereocenters. The lowest BCUT2D eigenvalue weighted by Crippen LogP contribution is -2.15. The summed E-state index contributed by atoms with van der Waals surface area (Å²) in [4.78, 5) is 0. The molecule has 0 aliphatic rings. The van der Waals surface area contributed by atoms with Gasteiger partial charge in [0.05, 0.1) is 22.3 Å². The van der Waals surface area contributed by atoms with Crippen molar-refractivity contribution < 1.29 is 52.7 Å². The third-order valence-electron chi connectivity index (χ3n) is 3.59. The molecule has 154 valence electrons. The zero-order valence-electron chi connectivity index (χ0n) is 13.0. The van der Waals surface area contributed by atoms with Crippen molar-refractivity contribution in [1.82, 2.24) is 0 Å². The van der Waals surface area contributed by atoms with Gasteiger partial charge in [-0.3, -0.25) is 0 Å². The summed E-state index contributed by atoms with van der Waals surface area (Å²) in [6.07, 6.45) is -21.3. The molecule has 0 saturated heterocycles. The fourth-order valence-electron chi connectivity index (χ4n) is 2.38. The largest absolute Gasteiger partial charge is 0.417 e. The van der Waals surface area contributed by atoms with Gasteiger partial charge in [-0.25, -0.2) is 0 Å². The van der Waals surface area contributed by atoms with Gasteiger partial charge >= 0.3 is 24.7 Å². The molecule has 0 aliphatic carbocycles. The van der Waals surface area contributed by atoms with Crippen molar-refractivity contribution in [3.63, 3.8) is 0 Å². The second kappa shape index (κ2) is 6.59. The Kier molecular flexibility index (Phi) is 5.15. The fraction of sp³-hybridized carbons (Fsp3) is 0.250. The van der Waals surface area contributed by atoms with Crippen molar-refractivity contribution in [2.24, 2.45) is 0 Å². The van der Waals surface area contributed by atoms with E-state index in [4.69, 9.17) is 0 Å². The van der Waals surface area contributed by atoms with Crippen molar-refractivity contribution in [1.29, 1.82) is 0 Å². The van der Waals surface area contributed by atoms with E-state index < -0.39 is 58.1 Å². The molecule has 2 aromatic carbocycles. The second-order valence-electron chi connectivity index (χ2n) is 5.51. The molecule has 0 atom stereocenters. The number of alkyl halides is 12. The first-order valence-corrected chi connectivity index (χ1v) is 6.99. The minimum Gasteiger partial charge on any atom is -0.166 e. The van der Waals surface area contributed by atoms with Crippen molar-refractivity contribution in [3.8, 4) is 11.1 Å². The summed E-state index contributed by atoms with van der Waals surface area (Å²) in [5.41, 5.74) is -10.7. The van der Waals surface area contributed by atoms with Crippen LogP contribution in [0.3, 0.4) is 0 Å². The van der Waals surface area contributed by atoms with Crippen LogP contribution in [0.15, 0.2) is 36.4 Å². The molecule has 0 radical (unpaired) electrons. The maximum atomic E-state index is 13.1. The van der Waals surface area contributed by atoms with Crippen LogP contribution in [-0.4, -0.2) is 0 Å². The molecule has 28 heavy (non-hydrogen) atoms. The van der Waals surface area contributed by atoms with Gasteiger partial charge in [0.15, 0.2) is 0 Å². The van der Waals surface area contributed by atoms with Gasteiger partial charge in [-0.05, 0) is 47.5 Å². The molecule has 0 nitrogen and oxygen atoms in total. The number of halogens is 12. The molecule has 0 fully saturated rings. The summed E-state index contributed by atoms with van der Waals surface area (Å²) in [7, 11) is 0. The Hall–Kier alpha value is -2.40. The van der Waals surface area contributed by atoms with E-state index in [1.54, 1.807) is 0 Å². The van der Waals surface area contributed by atoms with Crippen LogP contribution in [0.25, 0.3) is 11.1 Å². The van der Waals surface area contributed by atoms with Crippen LogP contribution in [0.2, 0.25) is 0 Å². The Balaban J connectivity index is 2.95. The van der Waals surface area contributed by atoms with Crippen LogP contribution in [0.4, 0.5) is 52.7 Å². The first-order chi connectivity index (χ1) is 12.4. The maximum Gasteiger partial charge on any atom is 0.417 e. The lowest BCUT2D eigenvalue weighted by molar-refractivity contribution is -0.142. The Bertz CT molecular complexity index is 792. The van der Waals surface area contributed by atoms with E-state index in [9.17, 15) is 52.7 Å². The molecule has 0 heterocycles. The Labute approximate surface area is 148 Å². The van der Waals surface area contributed by atoms with Gasteiger partial charge in [0, 0.05) is 0 Å². The fourth-order valence-corrected chi connectivity index (χ4v) is 2.38. The average Bonchev–Trinajstić information content (AvgIpc) is 2.50. The molecule has 12 heteroatoms. The summed E-state index contributed by atoms with van der Waals surface area (Å²) in [5, 5.41) is 0. The minimum absolute atomic E-state index is 0.0206. The first kappa shape index (κ1) is 21.9. The summed E-state index contributed by atoms with van der Waals surface area (Å²) in [6.45, 7) is 0. The van der Waals surface area contributed by atoms with E-state index >= 15 is 0 Å². The van der Waals surface area contributed by atoms with Gasteiger partial charge in [-0.15, -0.1) is 0 Å². The molecule has 0 aliphatic heterocycles. The van der Waals surface area contributed by atoms with Crippen molar-refractivity contribution >= 4 is 0 Å². The van der Waals surface area contributed by atoms with E-state index in [1.807, 2.05) is 0 Å². The molecule has 2 aromatic rings. The quantitative estimate of drug-likeness (QED) is 0.416. The number of hydrogen-bond donors (Lipinski definition) is 0. The van der Waals surface area contributed by atoms with Crippen molar-refractivity contribution in [2.45, 2.75) is 24.7 Å². The molecular formula is C16H6F12. The number of rotatable bonds is 1. The summed E-state index contributed by atoms with van der Waals surface area (Å²) in [6, 6.07) is -0.807. The van der Waals surface area contributed by atoms with Crippen LogP contribution in [0, 0.1) is 0 Å². The smallest absolute Gasteiger partial charge is 0.166 e. The molecule has 0 bridgehead atoms. The first-order valence-electron chi connectivity index (χ1n) is 6.99. The van der Waals surface area contributed by atoms with E-state index in [2.05, 4.69) is 0 Å². The van der Waals surface area contributed by atoms with Crippen LogP contribution >= 0.6 is 0 Å². The van der Waals surface area contributed by atoms with E-state index in [0.717, 1.165) is 0 Å². The third-order valence-corrected chi connectivity index (χ3v) is 3.59. The highest BCUT2D eigenvalue weighted by molar-refractivity contribution is 5.73. The average molecular weight is 426 g/mol. The SMILES string of the molecule is FC(F)(F)c1ccc(C(F)(F)F)c(-c2cc(C(F)(F)F)ccc2C(F)(F)F)c1. The summed E-state index contributed by atoms with van der Waals surface area (Å²) >= 11 is 0. The van der Waals surface area contributed by atoms with E-state index in [-0.39, 0.29) is 36.4 Å². The topological polar surface area (TPSA) is 0 Å². The van der Waals surface area contributed by atoms with E-state index in [0.29, 0.717) is 0 Å². The molecule has 0 spiro atoms. The predicted molar refractivity (Wildman–Crippen MR) is 71.9 cm³/mol. The molecule has 0 N–H and O–H groups in total. The molecule has 0 saturated carbocycles. The third kappa shape index (κ3) is 4.53. The molecule has 0 amide bonds. The zero-order valence-corrected chi connectivity index (χ0v) is 13.0. The number of hydrogen-bond acceptors (Lipinski definition) is 0. The zero-order chi connectivity index (χ0) is 21.7. The van der Waals surface area contributed by atoms with Crippen LogP contribution in [-0.2, 0) is 24.7 Å². The van der Waals surface area contributed by atoms with Crippen molar-refractivity contribution in [2.75, 3.05) is 0 Å². The standard InChI is InChI=1S/C16H6F12/c17-13(18,19)7-1-3-11(15(23,24)25)9(5-7)10-6-8(14(20,21)22)2-4-12(10)16(26,27)28/h1-6H. The van der Waals surface area contributed by atoms with Gasteiger partial charge < -0.3 is 0 Å². The second-order valence-corrected chi connectivity index (χ2v) is 5.51. The van der Waals surface area contributed by atoms with Gasteiger partial charge in [0.25, 0.3) is 0 Å². The van der Waals surface area contributed by atoms with Crippen LogP contribution < -0.4 is 0 Å². The van der Waals surface area contributed by atoms with Crippen molar-refractivity contribution in [3.05, 3.63) is 58.7 Å². The molecule has 0 aromatic heterocycles. The minimum atomic E-state index is -5.42. The highest BCUT2D eigenvalue weighted by atomic mass is 19.4. The molecular weight excluding hydrogens is 420 g/mol. The van der Waals surface area contributed by atoms with Gasteiger partial charge in [0.1, 0.15) is 0 Å². The lowest BCUT2D eigenvalue weighted by atomic mass is 9.91. The monoisotopic (exact) mass is 426 g/mol. The highest BCUT2D eigenvalue weighted by Crippen LogP contribution is 2.46. The predicted octanol–water partition coefficient (Wildman–Crippen LogP) is 7.43. The Morgan fingerprint density at radius 3 is 0.893 bits per heavy atom. The van der Waals surface area contributed by atoms with Gasteiger partial charge in [-0.1, -0.05) is 0 Å². The Morgan fingerprint density at radius 2 is 0.679 bits per heavy atom. The summed E-state index contributed by atoms with van der Waals surface area (Å²) in [5.74, 6) is 0. The molecule has 2 rings (SSSR count). The lowest BCUT2D eigenvalue weighted by Gasteiger charge is -2.20. The van der Waals surface area contributed by atoms with Gasteiger partial charge in [-0.2, -0.15) is 52.7 Å². The Morgan fingerprint density at radius 1 is 0.393 bits per heavy atom. The van der Waals surface area contributed by atoms with Crippen LogP contribution in [0.5, 0.6) is 0 Å². The van der Waals surface area contributed by atoms with Crippen LogP contribution in [0.1, 0.15) is 22.3 Å². The van der Waals surface area contributed by atoms with Gasteiger partial charge in [0.2, 0.25) is 0 Å². The summed E-state index contributed by atoms with van der Waals surface area (Å²) < 4.78 is 156. The normalized spacial score (nSPS) is 13.7. The number of benzene rings is 2. The maximum absolute atomic E-state index is 13.1. The highest BCUT2D eigenvalue weighted by Gasteiger charge is 2.42.